The highest BCUT2D eigenvalue weighted by Gasteiger charge is 2.49. The van der Waals surface area contributed by atoms with Gasteiger partial charge in [-0.2, -0.15) is 0 Å². The molecule has 1 fully saturated rings. The smallest absolute Gasteiger partial charge is 0.305 e. The second kappa shape index (κ2) is 4.70. The van der Waals surface area contributed by atoms with Crippen molar-refractivity contribution in [3.8, 4) is 11.8 Å². The van der Waals surface area contributed by atoms with E-state index in [4.69, 9.17) is 4.74 Å². The van der Waals surface area contributed by atoms with Gasteiger partial charge >= 0.3 is 5.97 Å². The lowest BCUT2D eigenvalue weighted by atomic mass is 10.1. The van der Waals surface area contributed by atoms with Crippen LogP contribution in [0, 0.1) is 29.6 Å². The van der Waals surface area contributed by atoms with Crippen LogP contribution in [0.2, 0.25) is 0 Å². The molecule has 0 spiro atoms. The molecule has 0 aliphatic heterocycles. The topological polar surface area (TPSA) is 26.3 Å². The second-order valence-electron chi connectivity index (χ2n) is 4.46. The van der Waals surface area contributed by atoms with Crippen molar-refractivity contribution in [2.24, 2.45) is 17.8 Å². The van der Waals surface area contributed by atoms with E-state index in [9.17, 15) is 4.79 Å². The Kier molecular flexibility index (Phi) is 3.30. The summed E-state index contributed by atoms with van der Waals surface area (Å²) in [5, 5.41) is 0. The lowest BCUT2D eigenvalue weighted by Gasteiger charge is -2.01. The first kappa shape index (κ1) is 10.5. The Morgan fingerprint density at radius 2 is 1.87 bits per heavy atom. The Hall–Kier alpha value is -0.970. The number of rotatable bonds is 3. The summed E-state index contributed by atoms with van der Waals surface area (Å²) in [6.45, 7) is 2.48. The van der Waals surface area contributed by atoms with Gasteiger partial charge in [-0.25, -0.2) is 0 Å². The van der Waals surface area contributed by atoms with Gasteiger partial charge in [0.1, 0.15) is 0 Å². The maximum atomic E-state index is 11.0. The number of fused-ring (bicyclic) bond motifs is 1. The second-order valence-corrected chi connectivity index (χ2v) is 4.46. The van der Waals surface area contributed by atoms with Crippen LogP contribution in [0.5, 0.6) is 0 Å². The molecule has 0 amide bonds. The van der Waals surface area contributed by atoms with E-state index >= 15 is 0 Å². The Morgan fingerprint density at radius 3 is 2.40 bits per heavy atom. The van der Waals surface area contributed by atoms with Crippen molar-refractivity contribution in [1.29, 1.82) is 0 Å². The third kappa shape index (κ3) is 2.53. The van der Waals surface area contributed by atoms with E-state index < -0.39 is 0 Å². The van der Waals surface area contributed by atoms with Gasteiger partial charge in [-0.3, -0.25) is 4.79 Å². The van der Waals surface area contributed by atoms with E-state index in [1.165, 1.54) is 12.8 Å². The molecule has 0 aromatic heterocycles. The minimum Gasteiger partial charge on any atom is -0.465 e. The average Bonchev–Trinajstić information content (AvgIpc) is 2.85. The van der Waals surface area contributed by atoms with E-state index in [1.807, 2.05) is 6.92 Å². The molecule has 0 aromatic carbocycles. The molecule has 3 atom stereocenters. The van der Waals surface area contributed by atoms with Crippen molar-refractivity contribution in [2.45, 2.75) is 39.0 Å². The van der Waals surface area contributed by atoms with Gasteiger partial charge in [0, 0.05) is 19.3 Å². The Balaban J connectivity index is 1.75. The van der Waals surface area contributed by atoms with E-state index in [1.54, 1.807) is 0 Å². The summed E-state index contributed by atoms with van der Waals surface area (Å²) in [6.07, 6.45) is 4.95. The zero-order valence-corrected chi connectivity index (χ0v) is 9.29. The molecule has 1 saturated carbocycles. The number of hydrogen-bond acceptors (Lipinski definition) is 2. The fraction of sp³-hybridized carbons (Fsp3) is 0.769. The lowest BCUT2D eigenvalue weighted by Crippen LogP contribution is -2.06. The number of esters is 1. The molecule has 0 bridgehead atoms. The van der Waals surface area contributed by atoms with Gasteiger partial charge in [0.25, 0.3) is 0 Å². The molecule has 2 aliphatic rings. The summed E-state index contributed by atoms with van der Waals surface area (Å²) < 4.78 is 5.21. The molecular weight excluding hydrogens is 188 g/mol. The third-order valence-electron chi connectivity index (χ3n) is 3.56. The number of carbonyl (C=O) groups excluding carboxylic acids is 1. The first-order chi connectivity index (χ1) is 7.33. The Labute approximate surface area is 91.4 Å². The van der Waals surface area contributed by atoms with E-state index in [2.05, 4.69) is 11.8 Å². The van der Waals surface area contributed by atoms with Crippen LogP contribution in [0.4, 0.5) is 0 Å². The van der Waals surface area contributed by atoms with Crippen LogP contribution in [0.3, 0.4) is 0 Å². The minimum absolute atomic E-state index is 0.0643. The molecule has 2 nitrogen and oxygen atoms in total. The fourth-order valence-electron chi connectivity index (χ4n) is 2.57. The number of hydrogen-bond donors (Lipinski definition) is 0. The zero-order valence-electron chi connectivity index (χ0n) is 9.29. The lowest BCUT2D eigenvalue weighted by molar-refractivity contribution is -0.143. The van der Waals surface area contributed by atoms with Crippen molar-refractivity contribution >= 4 is 5.97 Å². The van der Waals surface area contributed by atoms with Gasteiger partial charge in [-0.05, 0) is 30.6 Å². The number of ether oxygens (including phenoxy) is 1. The molecule has 1 unspecified atom stereocenters. The standard InChI is InChI=1S/C13H18O2/c1-2-13(14)15-9-12-10-7-5-3-4-6-8-11(10)12/h10-12H,2,5-9H2,1H3/t10-,11+,12?. The summed E-state index contributed by atoms with van der Waals surface area (Å²) >= 11 is 0. The Morgan fingerprint density at radius 1 is 1.27 bits per heavy atom. The molecule has 15 heavy (non-hydrogen) atoms. The van der Waals surface area contributed by atoms with Crippen molar-refractivity contribution in [3.05, 3.63) is 0 Å². The first-order valence-electron chi connectivity index (χ1n) is 5.94. The van der Waals surface area contributed by atoms with Gasteiger partial charge in [0.15, 0.2) is 0 Å². The summed E-state index contributed by atoms with van der Waals surface area (Å²) in [6, 6.07) is 0. The van der Waals surface area contributed by atoms with E-state index in [-0.39, 0.29) is 5.97 Å². The summed E-state index contributed by atoms with van der Waals surface area (Å²) in [5.41, 5.74) is 0. The largest absolute Gasteiger partial charge is 0.465 e. The van der Waals surface area contributed by atoms with Crippen molar-refractivity contribution < 1.29 is 9.53 Å². The molecule has 2 aliphatic carbocycles. The van der Waals surface area contributed by atoms with Gasteiger partial charge in [-0.15, -0.1) is 11.8 Å². The minimum atomic E-state index is -0.0643. The highest BCUT2D eigenvalue weighted by Crippen LogP contribution is 2.52. The maximum Gasteiger partial charge on any atom is 0.305 e. The molecular formula is C13H18O2. The average molecular weight is 206 g/mol. The molecule has 82 valence electrons. The van der Waals surface area contributed by atoms with E-state index in [0.29, 0.717) is 18.9 Å². The molecule has 2 heteroatoms. The van der Waals surface area contributed by atoms with Crippen LogP contribution >= 0.6 is 0 Å². The van der Waals surface area contributed by atoms with Gasteiger partial charge < -0.3 is 4.74 Å². The molecule has 0 heterocycles. The molecule has 0 radical (unpaired) electrons. The maximum absolute atomic E-state index is 11.0. The monoisotopic (exact) mass is 206 g/mol. The van der Waals surface area contributed by atoms with Crippen LogP contribution in [0.25, 0.3) is 0 Å². The number of carbonyl (C=O) groups is 1. The van der Waals surface area contributed by atoms with Crippen LogP contribution in [0.15, 0.2) is 0 Å². The van der Waals surface area contributed by atoms with Crippen LogP contribution in [-0.4, -0.2) is 12.6 Å². The molecule has 0 saturated heterocycles. The summed E-state index contributed by atoms with van der Waals surface area (Å²) in [5.74, 6) is 8.49. The highest BCUT2D eigenvalue weighted by atomic mass is 16.5. The van der Waals surface area contributed by atoms with Crippen LogP contribution in [-0.2, 0) is 9.53 Å². The van der Waals surface area contributed by atoms with Gasteiger partial charge in [0.05, 0.1) is 6.61 Å². The van der Waals surface area contributed by atoms with Crippen molar-refractivity contribution in [3.63, 3.8) is 0 Å². The normalized spacial score (nSPS) is 32.7. The molecule has 0 aromatic rings. The summed E-state index contributed by atoms with van der Waals surface area (Å²) in [7, 11) is 0. The first-order valence-corrected chi connectivity index (χ1v) is 5.94. The van der Waals surface area contributed by atoms with Crippen LogP contribution in [0.1, 0.15) is 39.0 Å². The molecule has 2 rings (SSSR count). The quantitative estimate of drug-likeness (QED) is 0.523. The highest BCUT2D eigenvalue weighted by molar-refractivity contribution is 5.68. The predicted octanol–water partition coefficient (Wildman–Crippen LogP) is 2.38. The molecule has 0 N–H and O–H groups in total. The fourth-order valence-corrected chi connectivity index (χ4v) is 2.57. The summed E-state index contributed by atoms with van der Waals surface area (Å²) in [4.78, 5) is 11.0. The SMILES string of the molecule is CCC(=O)OCC1[C@H]2CCC#CCC[C@@H]12. The third-order valence-corrected chi connectivity index (χ3v) is 3.56. The Bertz CT molecular complexity index is 279. The van der Waals surface area contributed by atoms with Crippen molar-refractivity contribution in [2.75, 3.05) is 6.61 Å². The van der Waals surface area contributed by atoms with E-state index in [0.717, 1.165) is 24.7 Å². The van der Waals surface area contributed by atoms with Gasteiger partial charge in [0.2, 0.25) is 0 Å². The van der Waals surface area contributed by atoms with Crippen molar-refractivity contribution in [1.82, 2.24) is 0 Å². The van der Waals surface area contributed by atoms with Crippen LogP contribution < -0.4 is 0 Å². The zero-order chi connectivity index (χ0) is 10.7. The predicted molar refractivity (Wildman–Crippen MR) is 58.0 cm³/mol. The van der Waals surface area contributed by atoms with Gasteiger partial charge in [-0.1, -0.05) is 6.92 Å².